The Morgan fingerprint density at radius 2 is 1.83 bits per heavy atom. The third kappa shape index (κ3) is 4.93. The molecular weight excluding hydrogens is 396 g/mol. The summed E-state index contributed by atoms with van der Waals surface area (Å²) in [5, 5.41) is 2.64. The van der Waals surface area contributed by atoms with Crippen LogP contribution in [0.5, 0.6) is 11.5 Å². The molecule has 0 unspecified atom stereocenters. The normalized spacial score (nSPS) is 14.4. The summed E-state index contributed by atoms with van der Waals surface area (Å²) < 4.78 is 36.9. The van der Waals surface area contributed by atoms with Gasteiger partial charge in [-0.25, -0.2) is 8.42 Å². The van der Waals surface area contributed by atoms with Crippen molar-refractivity contribution in [1.82, 2.24) is 4.31 Å². The smallest absolute Gasteiger partial charge is 0.262 e. The lowest BCUT2D eigenvalue weighted by atomic mass is 10.2. The summed E-state index contributed by atoms with van der Waals surface area (Å²) >= 11 is 0. The molecule has 8 nitrogen and oxygen atoms in total. The summed E-state index contributed by atoms with van der Waals surface area (Å²) in [6.07, 6.45) is 2.36. The maximum atomic E-state index is 12.5. The summed E-state index contributed by atoms with van der Waals surface area (Å²) in [6, 6.07) is 10.7. The molecule has 9 heteroatoms. The van der Waals surface area contributed by atoms with Crippen LogP contribution in [-0.4, -0.2) is 51.7 Å². The van der Waals surface area contributed by atoms with E-state index in [0.717, 1.165) is 12.8 Å². The first-order valence-electron chi connectivity index (χ1n) is 9.10. The molecule has 154 valence electrons. The highest BCUT2D eigenvalue weighted by atomic mass is 32.2. The second kappa shape index (κ2) is 9.06. The molecule has 29 heavy (non-hydrogen) atoms. The van der Waals surface area contributed by atoms with Crippen LogP contribution in [0.1, 0.15) is 23.2 Å². The maximum Gasteiger partial charge on any atom is 0.262 e. The van der Waals surface area contributed by atoms with Crippen LogP contribution in [0, 0.1) is 0 Å². The van der Waals surface area contributed by atoms with Crippen molar-refractivity contribution in [3.8, 4) is 11.5 Å². The van der Waals surface area contributed by atoms with E-state index in [0.29, 0.717) is 30.8 Å². The topological polar surface area (TPSA) is 102 Å². The van der Waals surface area contributed by atoms with Crippen molar-refractivity contribution in [2.75, 3.05) is 32.1 Å². The van der Waals surface area contributed by atoms with Crippen molar-refractivity contribution < 1.29 is 27.5 Å². The van der Waals surface area contributed by atoms with Crippen molar-refractivity contribution in [2.24, 2.45) is 0 Å². The first-order chi connectivity index (χ1) is 13.9. The van der Waals surface area contributed by atoms with Crippen molar-refractivity contribution in [3.63, 3.8) is 0 Å². The van der Waals surface area contributed by atoms with E-state index in [-0.39, 0.29) is 22.8 Å². The van der Waals surface area contributed by atoms with Gasteiger partial charge in [-0.1, -0.05) is 0 Å². The molecule has 0 atom stereocenters. The molecule has 0 aliphatic carbocycles. The molecule has 1 fully saturated rings. The highest BCUT2D eigenvalue weighted by molar-refractivity contribution is 7.89. The molecule has 3 rings (SSSR count). The van der Waals surface area contributed by atoms with Gasteiger partial charge in [-0.05, 0) is 55.3 Å². The van der Waals surface area contributed by atoms with Crippen molar-refractivity contribution in [1.29, 1.82) is 0 Å². The third-order valence-corrected chi connectivity index (χ3v) is 6.46. The molecular formula is C20H22N2O6S. The second-order valence-electron chi connectivity index (χ2n) is 6.49. The zero-order valence-electron chi connectivity index (χ0n) is 16.0. The van der Waals surface area contributed by atoms with Crippen LogP contribution in [0.25, 0.3) is 0 Å². The van der Waals surface area contributed by atoms with Gasteiger partial charge in [0.05, 0.1) is 17.6 Å². The monoisotopic (exact) mass is 418 g/mol. The van der Waals surface area contributed by atoms with Gasteiger partial charge in [0.2, 0.25) is 10.0 Å². The molecule has 1 aliphatic rings. The number of hydrogen-bond donors (Lipinski definition) is 1. The van der Waals surface area contributed by atoms with Crippen LogP contribution in [0.2, 0.25) is 0 Å². The standard InChI is InChI=1S/C20H22N2O6S/c1-27-17-6-9-19(15(12-17)13-23)28-14-20(24)21-16-4-7-18(8-5-16)29(25,26)22-10-2-3-11-22/h4-9,12-13H,2-3,10-11,14H2,1H3,(H,21,24). The van der Waals surface area contributed by atoms with E-state index >= 15 is 0 Å². The fourth-order valence-electron chi connectivity index (χ4n) is 3.01. The number of nitrogens with zero attached hydrogens (tertiary/aromatic N) is 1. The molecule has 1 heterocycles. The van der Waals surface area contributed by atoms with Crippen molar-refractivity contribution in [3.05, 3.63) is 48.0 Å². The first-order valence-corrected chi connectivity index (χ1v) is 10.5. The summed E-state index contributed by atoms with van der Waals surface area (Å²) in [4.78, 5) is 23.5. The minimum Gasteiger partial charge on any atom is -0.497 e. The van der Waals surface area contributed by atoms with Crippen LogP contribution >= 0.6 is 0 Å². The van der Waals surface area contributed by atoms with E-state index in [2.05, 4.69) is 5.32 Å². The molecule has 2 aromatic rings. The molecule has 0 spiro atoms. The summed E-state index contributed by atoms with van der Waals surface area (Å²) in [5.41, 5.74) is 0.720. The Bertz CT molecular complexity index is 983. The van der Waals surface area contributed by atoms with E-state index < -0.39 is 15.9 Å². The summed E-state index contributed by atoms with van der Waals surface area (Å²) in [7, 11) is -2.01. The Morgan fingerprint density at radius 1 is 1.14 bits per heavy atom. The van der Waals surface area contributed by atoms with E-state index in [1.54, 1.807) is 12.1 Å². The van der Waals surface area contributed by atoms with Crippen LogP contribution in [-0.2, 0) is 14.8 Å². The Morgan fingerprint density at radius 3 is 2.45 bits per heavy atom. The molecule has 2 aromatic carbocycles. The molecule has 0 saturated carbocycles. The Hall–Kier alpha value is -2.91. The highest BCUT2D eigenvalue weighted by Crippen LogP contribution is 2.24. The molecule has 0 bridgehead atoms. The van der Waals surface area contributed by atoms with Gasteiger partial charge in [0.1, 0.15) is 11.5 Å². The molecule has 0 aromatic heterocycles. The van der Waals surface area contributed by atoms with Gasteiger partial charge in [0, 0.05) is 18.8 Å². The zero-order valence-corrected chi connectivity index (χ0v) is 16.8. The number of carbonyl (C=O) groups is 2. The minimum atomic E-state index is -3.49. The number of carbonyl (C=O) groups excluding carboxylic acids is 2. The van der Waals surface area contributed by atoms with Crippen LogP contribution in [0.15, 0.2) is 47.4 Å². The van der Waals surface area contributed by atoms with Gasteiger partial charge >= 0.3 is 0 Å². The lowest BCUT2D eigenvalue weighted by Gasteiger charge is -2.15. The van der Waals surface area contributed by atoms with E-state index in [1.165, 1.54) is 41.7 Å². The number of nitrogens with one attached hydrogen (secondary N) is 1. The minimum absolute atomic E-state index is 0.197. The lowest BCUT2D eigenvalue weighted by molar-refractivity contribution is -0.118. The van der Waals surface area contributed by atoms with Crippen LogP contribution in [0.3, 0.4) is 0 Å². The van der Waals surface area contributed by atoms with Crippen LogP contribution < -0.4 is 14.8 Å². The molecule has 1 amide bonds. The average molecular weight is 418 g/mol. The number of methoxy groups -OCH3 is 1. The summed E-state index contributed by atoms with van der Waals surface area (Å²) in [5.74, 6) is 0.337. The number of sulfonamides is 1. The number of rotatable bonds is 8. The highest BCUT2D eigenvalue weighted by Gasteiger charge is 2.26. The Balaban J connectivity index is 1.59. The Labute approximate surface area is 169 Å². The van der Waals surface area contributed by atoms with E-state index in [4.69, 9.17) is 9.47 Å². The molecule has 1 aliphatic heterocycles. The van der Waals surface area contributed by atoms with Gasteiger partial charge < -0.3 is 14.8 Å². The van der Waals surface area contributed by atoms with E-state index in [1.807, 2.05) is 0 Å². The SMILES string of the molecule is COc1ccc(OCC(=O)Nc2ccc(S(=O)(=O)N3CCCC3)cc2)c(C=O)c1. The quantitative estimate of drug-likeness (QED) is 0.660. The van der Waals surface area contributed by atoms with Gasteiger partial charge in [0.25, 0.3) is 5.91 Å². The molecule has 1 N–H and O–H groups in total. The second-order valence-corrected chi connectivity index (χ2v) is 8.43. The fourth-order valence-corrected chi connectivity index (χ4v) is 4.52. The van der Waals surface area contributed by atoms with Crippen molar-refractivity contribution >= 4 is 27.9 Å². The maximum absolute atomic E-state index is 12.5. The number of benzene rings is 2. The first kappa shape index (κ1) is 20.8. The fraction of sp³-hybridized carbons (Fsp3) is 0.300. The number of aldehydes is 1. The van der Waals surface area contributed by atoms with E-state index in [9.17, 15) is 18.0 Å². The predicted octanol–water partition coefficient (Wildman–Crippen LogP) is 2.31. The van der Waals surface area contributed by atoms with Gasteiger partial charge in [0.15, 0.2) is 12.9 Å². The average Bonchev–Trinajstić information content (AvgIpc) is 3.28. The summed E-state index contributed by atoms with van der Waals surface area (Å²) in [6.45, 7) is 0.763. The van der Waals surface area contributed by atoms with Gasteiger partial charge in [-0.3, -0.25) is 9.59 Å². The molecule has 0 radical (unpaired) electrons. The largest absolute Gasteiger partial charge is 0.497 e. The third-order valence-electron chi connectivity index (χ3n) is 4.54. The number of ether oxygens (including phenoxy) is 2. The predicted molar refractivity (Wildman–Crippen MR) is 107 cm³/mol. The van der Waals surface area contributed by atoms with Crippen LogP contribution in [0.4, 0.5) is 5.69 Å². The lowest BCUT2D eigenvalue weighted by Crippen LogP contribution is -2.27. The Kier molecular flexibility index (Phi) is 6.50. The number of hydrogen-bond acceptors (Lipinski definition) is 6. The van der Waals surface area contributed by atoms with Gasteiger partial charge in [-0.2, -0.15) is 4.31 Å². The molecule has 1 saturated heterocycles. The van der Waals surface area contributed by atoms with Crippen molar-refractivity contribution in [2.45, 2.75) is 17.7 Å². The number of amides is 1. The van der Waals surface area contributed by atoms with Gasteiger partial charge in [-0.15, -0.1) is 0 Å². The zero-order chi connectivity index (χ0) is 20.9. The number of anilines is 1.